The smallest absolute Gasteiger partial charge is 0.233 e. The fourth-order valence-corrected chi connectivity index (χ4v) is 4.52. The minimum Gasteiger partial charge on any atom is -0.390 e. The van der Waals surface area contributed by atoms with Gasteiger partial charge >= 0.3 is 0 Å². The Morgan fingerprint density at radius 2 is 1.71 bits per heavy atom. The fourth-order valence-electron chi connectivity index (χ4n) is 4.52. The summed E-state index contributed by atoms with van der Waals surface area (Å²) in [6.45, 7) is 7.08. The van der Waals surface area contributed by atoms with Crippen molar-refractivity contribution in [3.8, 4) is 0 Å². The average Bonchev–Trinajstić information content (AvgIpc) is 2.89. The number of carbonyl (C=O) groups is 1. The van der Waals surface area contributed by atoms with Crippen LogP contribution in [0.2, 0.25) is 0 Å². The average molecular weight is 329 g/mol. The first kappa shape index (κ1) is 17.5. The molecule has 2 saturated carbocycles. The van der Waals surface area contributed by atoms with Crippen molar-refractivity contribution in [3.63, 3.8) is 0 Å². The number of carbonyl (C=O) groups excluding carboxylic acids is 1. The second kappa shape index (κ2) is 5.87. The molecule has 0 saturated heterocycles. The van der Waals surface area contributed by atoms with Crippen LogP contribution < -0.4 is 0 Å². The van der Waals surface area contributed by atoms with Gasteiger partial charge in [-0.05, 0) is 43.6 Å². The quantitative estimate of drug-likeness (QED) is 0.892. The molecule has 0 bridgehead atoms. The third-order valence-electron chi connectivity index (χ3n) is 6.44. The predicted molar refractivity (Wildman–Crippen MR) is 96.9 cm³/mol. The van der Waals surface area contributed by atoms with E-state index in [0.717, 1.165) is 37.7 Å². The maximum atomic E-state index is 13.3. The lowest BCUT2D eigenvalue weighted by Gasteiger charge is -2.30. The van der Waals surface area contributed by atoms with Gasteiger partial charge in [-0.15, -0.1) is 0 Å². The molecule has 2 aliphatic rings. The highest BCUT2D eigenvalue weighted by atomic mass is 16.3. The van der Waals surface area contributed by atoms with Gasteiger partial charge in [0.1, 0.15) is 0 Å². The van der Waals surface area contributed by atoms with E-state index in [9.17, 15) is 9.90 Å². The molecule has 0 aromatic heterocycles. The van der Waals surface area contributed by atoms with E-state index in [1.165, 1.54) is 5.56 Å². The van der Waals surface area contributed by atoms with Crippen molar-refractivity contribution in [2.45, 2.75) is 70.3 Å². The molecule has 1 N–H and O–H groups in total. The number of benzene rings is 1. The van der Waals surface area contributed by atoms with E-state index in [0.29, 0.717) is 13.0 Å². The van der Waals surface area contributed by atoms with Gasteiger partial charge < -0.3 is 10.0 Å². The Hall–Kier alpha value is -1.35. The highest BCUT2D eigenvalue weighted by Gasteiger charge is 2.67. The number of rotatable bonds is 5. The molecule has 0 aliphatic heterocycles. The lowest BCUT2D eigenvalue weighted by atomic mass is 9.86. The molecule has 0 unspecified atom stereocenters. The van der Waals surface area contributed by atoms with Crippen molar-refractivity contribution < 1.29 is 9.90 Å². The lowest BCUT2D eigenvalue weighted by Crippen LogP contribution is -2.41. The highest BCUT2D eigenvalue weighted by molar-refractivity contribution is 5.93. The maximum absolute atomic E-state index is 13.3. The zero-order valence-corrected chi connectivity index (χ0v) is 15.6. The highest BCUT2D eigenvalue weighted by Crippen LogP contribution is 2.65. The summed E-state index contributed by atoms with van der Waals surface area (Å²) in [5, 5.41) is 10.6. The van der Waals surface area contributed by atoms with Gasteiger partial charge in [-0.2, -0.15) is 0 Å². The number of aryl methyl sites for hydroxylation is 1. The number of aliphatic hydroxyl groups is 1. The van der Waals surface area contributed by atoms with Crippen LogP contribution in [-0.2, 0) is 10.2 Å². The Morgan fingerprint density at radius 1 is 1.17 bits per heavy atom. The Bertz CT molecular complexity index is 613. The third kappa shape index (κ3) is 2.88. The van der Waals surface area contributed by atoms with Crippen molar-refractivity contribution in [2.75, 3.05) is 13.6 Å². The minimum atomic E-state index is -0.551. The van der Waals surface area contributed by atoms with Gasteiger partial charge in [-0.1, -0.05) is 56.5 Å². The van der Waals surface area contributed by atoms with Crippen LogP contribution in [0.1, 0.15) is 63.5 Å². The summed E-state index contributed by atoms with van der Waals surface area (Å²) < 4.78 is 0. The summed E-state index contributed by atoms with van der Waals surface area (Å²) in [6, 6.07) is 8.42. The topological polar surface area (TPSA) is 40.5 Å². The van der Waals surface area contributed by atoms with Crippen LogP contribution in [0.25, 0.3) is 0 Å². The zero-order chi connectivity index (χ0) is 17.6. The SMILES string of the molecule is Cc1ccc([C@]2(C(=O)N(C)CCC3(O)CCCC3)CC2(C)C)cc1. The first-order valence-corrected chi connectivity index (χ1v) is 9.25. The van der Waals surface area contributed by atoms with Crippen LogP contribution in [0, 0.1) is 12.3 Å². The second-order valence-corrected chi connectivity index (χ2v) is 8.74. The van der Waals surface area contributed by atoms with E-state index >= 15 is 0 Å². The molecule has 3 rings (SSSR count). The molecule has 1 aromatic rings. The first-order chi connectivity index (χ1) is 11.2. The summed E-state index contributed by atoms with van der Waals surface area (Å²) >= 11 is 0. The van der Waals surface area contributed by atoms with Gasteiger partial charge in [0.2, 0.25) is 5.91 Å². The molecule has 1 amide bonds. The standard InChI is InChI=1S/C21H31NO2/c1-16-7-9-17(10-8-16)21(15-19(21,2)3)18(23)22(4)14-13-20(24)11-5-6-12-20/h7-10,24H,5-6,11-15H2,1-4H3/t21-/m0/s1. The van der Waals surface area contributed by atoms with Crippen molar-refractivity contribution in [3.05, 3.63) is 35.4 Å². The molecule has 0 heterocycles. The maximum Gasteiger partial charge on any atom is 0.233 e. The third-order valence-corrected chi connectivity index (χ3v) is 6.44. The molecule has 0 spiro atoms. The molecule has 1 aromatic carbocycles. The van der Waals surface area contributed by atoms with E-state index in [4.69, 9.17) is 0 Å². The van der Waals surface area contributed by atoms with E-state index < -0.39 is 11.0 Å². The van der Waals surface area contributed by atoms with Crippen LogP contribution in [0.3, 0.4) is 0 Å². The van der Waals surface area contributed by atoms with Crippen molar-refractivity contribution in [1.82, 2.24) is 4.90 Å². The molecular weight excluding hydrogens is 298 g/mol. The van der Waals surface area contributed by atoms with E-state index in [1.54, 1.807) is 0 Å². The number of hydrogen-bond donors (Lipinski definition) is 1. The molecule has 24 heavy (non-hydrogen) atoms. The first-order valence-electron chi connectivity index (χ1n) is 9.25. The number of nitrogens with zero attached hydrogens (tertiary/aromatic N) is 1. The largest absolute Gasteiger partial charge is 0.390 e. The summed E-state index contributed by atoms with van der Waals surface area (Å²) in [4.78, 5) is 15.1. The molecule has 132 valence electrons. The van der Waals surface area contributed by atoms with Crippen molar-refractivity contribution >= 4 is 5.91 Å². The molecule has 3 nitrogen and oxygen atoms in total. The zero-order valence-electron chi connectivity index (χ0n) is 15.6. The lowest BCUT2D eigenvalue weighted by molar-refractivity contribution is -0.134. The Labute approximate surface area is 146 Å². The normalized spacial score (nSPS) is 27.0. The minimum absolute atomic E-state index is 0.00212. The fraction of sp³-hybridized carbons (Fsp3) is 0.667. The van der Waals surface area contributed by atoms with Gasteiger partial charge in [-0.25, -0.2) is 0 Å². The summed E-state index contributed by atoms with van der Waals surface area (Å²) in [6.07, 6.45) is 5.56. The monoisotopic (exact) mass is 329 g/mol. The van der Waals surface area contributed by atoms with E-state index in [2.05, 4.69) is 45.0 Å². The van der Waals surface area contributed by atoms with Crippen LogP contribution >= 0.6 is 0 Å². The molecule has 3 heteroatoms. The molecule has 0 radical (unpaired) electrons. The summed E-state index contributed by atoms with van der Waals surface area (Å²) in [5.74, 6) is 0.206. The van der Waals surface area contributed by atoms with Gasteiger partial charge in [0, 0.05) is 13.6 Å². The molecule has 1 atom stereocenters. The van der Waals surface area contributed by atoms with Gasteiger partial charge in [0.15, 0.2) is 0 Å². The second-order valence-electron chi connectivity index (χ2n) is 8.74. The van der Waals surface area contributed by atoms with Gasteiger partial charge in [-0.3, -0.25) is 4.79 Å². The molecule has 2 aliphatic carbocycles. The van der Waals surface area contributed by atoms with Crippen LogP contribution in [0.4, 0.5) is 0 Å². The Kier molecular flexibility index (Phi) is 4.28. The Balaban J connectivity index is 1.74. The van der Waals surface area contributed by atoms with Crippen LogP contribution in [-0.4, -0.2) is 35.1 Å². The number of likely N-dealkylation sites (N-methyl/N-ethyl adjacent to an activating group) is 1. The van der Waals surface area contributed by atoms with E-state index in [1.807, 2.05) is 11.9 Å². The number of amides is 1. The van der Waals surface area contributed by atoms with Gasteiger partial charge in [0.25, 0.3) is 0 Å². The summed E-state index contributed by atoms with van der Waals surface area (Å²) in [5.41, 5.74) is 1.40. The number of hydrogen-bond acceptors (Lipinski definition) is 2. The van der Waals surface area contributed by atoms with Crippen LogP contribution in [0.15, 0.2) is 24.3 Å². The molecule has 2 fully saturated rings. The summed E-state index contributed by atoms with van der Waals surface area (Å²) in [7, 11) is 1.89. The molecular formula is C21H31NO2. The predicted octanol–water partition coefficient (Wildman–Crippen LogP) is 3.82. The Morgan fingerprint density at radius 3 is 2.21 bits per heavy atom. The van der Waals surface area contributed by atoms with E-state index in [-0.39, 0.29) is 11.3 Å². The van der Waals surface area contributed by atoms with Crippen LogP contribution in [0.5, 0.6) is 0 Å². The van der Waals surface area contributed by atoms with Crippen molar-refractivity contribution in [1.29, 1.82) is 0 Å². The van der Waals surface area contributed by atoms with Crippen molar-refractivity contribution in [2.24, 2.45) is 5.41 Å². The van der Waals surface area contributed by atoms with Gasteiger partial charge in [0.05, 0.1) is 11.0 Å².